The molecule has 0 amide bonds. The standard InChI is InChI=1S/C23H21FN2O4S/c1-15-6-8-18(9-7-15)31(27,28)26-11-10-16-4-3-5-17(23(16)26)14-30-22-13-20(25)19(24)12-21(22)29-2/h3-13H,14,25H2,1-2H3. The summed E-state index contributed by atoms with van der Waals surface area (Å²) in [4.78, 5) is 0.194. The summed E-state index contributed by atoms with van der Waals surface area (Å²) in [5.74, 6) is -0.149. The molecule has 4 aromatic rings. The number of rotatable bonds is 6. The van der Waals surface area contributed by atoms with Gasteiger partial charge in [-0.2, -0.15) is 0 Å². The number of nitrogens with two attached hydrogens (primary N) is 1. The normalized spacial score (nSPS) is 11.6. The number of fused-ring (bicyclic) bond motifs is 1. The van der Waals surface area contributed by atoms with Crippen molar-refractivity contribution in [3.8, 4) is 11.5 Å². The topological polar surface area (TPSA) is 83.6 Å². The maximum Gasteiger partial charge on any atom is 0.268 e. The highest BCUT2D eigenvalue weighted by Crippen LogP contribution is 2.33. The Morgan fingerprint density at radius 2 is 1.77 bits per heavy atom. The molecule has 31 heavy (non-hydrogen) atoms. The van der Waals surface area contributed by atoms with Crippen molar-refractivity contribution < 1.29 is 22.3 Å². The Kier molecular flexibility index (Phi) is 5.32. The van der Waals surface area contributed by atoms with E-state index in [4.69, 9.17) is 15.2 Å². The highest BCUT2D eigenvalue weighted by atomic mass is 32.2. The van der Waals surface area contributed by atoms with Crippen LogP contribution in [0.25, 0.3) is 10.9 Å². The van der Waals surface area contributed by atoms with Crippen LogP contribution in [-0.2, 0) is 16.6 Å². The zero-order chi connectivity index (χ0) is 22.2. The number of aryl methyl sites for hydroxylation is 1. The van der Waals surface area contributed by atoms with Crippen LogP contribution in [0.4, 0.5) is 10.1 Å². The predicted molar refractivity (Wildman–Crippen MR) is 117 cm³/mol. The van der Waals surface area contributed by atoms with E-state index in [1.165, 1.54) is 23.3 Å². The molecule has 0 atom stereocenters. The minimum absolute atomic E-state index is 0.0339. The Morgan fingerprint density at radius 3 is 2.48 bits per heavy atom. The quantitative estimate of drug-likeness (QED) is 0.447. The van der Waals surface area contributed by atoms with Crippen molar-refractivity contribution in [3.63, 3.8) is 0 Å². The van der Waals surface area contributed by atoms with E-state index in [0.717, 1.165) is 17.0 Å². The largest absolute Gasteiger partial charge is 0.493 e. The molecule has 0 spiro atoms. The van der Waals surface area contributed by atoms with Gasteiger partial charge in [-0.1, -0.05) is 35.9 Å². The van der Waals surface area contributed by atoms with Gasteiger partial charge in [-0.25, -0.2) is 16.8 Å². The van der Waals surface area contributed by atoms with E-state index in [1.54, 1.807) is 36.4 Å². The number of anilines is 1. The van der Waals surface area contributed by atoms with E-state index in [2.05, 4.69) is 0 Å². The van der Waals surface area contributed by atoms with Crippen LogP contribution in [0, 0.1) is 12.7 Å². The van der Waals surface area contributed by atoms with Crippen LogP contribution in [0.1, 0.15) is 11.1 Å². The first kappa shape index (κ1) is 20.7. The van der Waals surface area contributed by atoms with Gasteiger partial charge in [0, 0.05) is 29.3 Å². The first-order valence-corrected chi connectivity index (χ1v) is 10.9. The molecule has 0 fully saturated rings. The molecular weight excluding hydrogens is 419 g/mol. The van der Waals surface area contributed by atoms with Crippen LogP contribution in [-0.4, -0.2) is 19.5 Å². The third kappa shape index (κ3) is 3.82. The molecular formula is C23H21FN2O4S. The summed E-state index contributed by atoms with van der Waals surface area (Å²) in [6.45, 7) is 1.93. The number of aromatic nitrogens is 1. The van der Waals surface area contributed by atoms with E-state index in [0.29, 0.717) is 11.1 Å². The second kappa shape index (κ2) is 7.96. The first-order chi connectivity index (χ1) is 14.8. The molecule has 1 aromatic heterocycles. The fourth-order valence-corrected chi connectivity index (χ4v) is 4.75. The summed E-state index contributed by atoms with van der Waals surface area (Å²) in [6.07, 6.45) is 1.53. The highest BCUT2D eigenvalue weighted by molar-refractivity contribution is 7.90. The predicted octanol–water partition coefficient (Wildman–Crippen LogP) is 4.50. The molecule has 0 aliphatic carbocycles. The van der Waals surface area contributed by atoms with Gasteiger partial charge in [-0.3, -0.25) is 0 Å². The van der Waals surface area contributed by atoms with Crippen LogP contribution in [0.15, 0.2) is 71.8 Å². The van der Waals surface area contributed by atoms with Crippen molar-refractivity contribution in [1.29, 1.82) is 0 Å². The van der Waals surface area contributed by atoms with Crippen molar-refractivity contribution >= 4 is 26.6 Å². The van der Waals surface area contributed by atoms with E-state index < -0.39 is 15.8 Å². The lowest BCUT2D eigenvalue weighted by atomic mass is 10.1. The van der Waals surface area contributed by atoms with Gasteiger partial charge >= 0.3 is 0 Å². The van der Waals surface area contributed by atoms with Gasteiger partial charge in [0.05, 0.1) is 23.2 Å². The van der Waals surface area contributed by atoms with Gasteiger partial charge in [0.25, 0.3) is 10.0 Å². The molecule has 0 saturated heterocycles. The van der Waals surface area contributed by atoms with Crippen LogP contribution < -0.4 is 15.2 Å². The maximum atomic E-state index is 13.7. The number of hydrogen-bond acceptors (Lipinski definition) is 5. The second-order valence-corrected chi connectivity index (χ2v) is 8.91. The summed E-state index contributed by atoms with van der Waals surface area (Å²) in [5.41, 5.74) is 7.70. The van der Waals surface area contributed by atoms with Crippen molar-refractivity contribution in [2.45, 2.75) is 18.4 Å². The maximum absolute atomic E-state index is 13.7. The van der Waals surface area contributed by atoms with E-state index in [-0.39, 0.29) is 28.7 Å². The SMILES string of the molecule is COc1cc(F)c(N)cc1OCc1cccc2ccn(S(=O)(=O)c3ccc(C)cc3)c12. The van der Waals surface area contributed by atoms with Gasteiger partial charge in [-0.05, 0) is 25.1 Å². The van der Waals surface area contributed by atoms with Crippen molar-refractivity contribution in [1.82, 2.24) is 3.97 Å². The number of nitrogens with zero attached hydrogens (tertiary/aromatic N) is 1. The molecule has 4 rings (SSSR count). The molecule has 0 aliphatic heterocycles. The number of halogens is 1. The molecule has 0 unspecified atom stereocenters. The average Bonchev–Trinajstić information content (AvgIpc) is 3.20. The Bertz CT molecular complexity index is 1360. The fraction of sp³-hybridized carbons (Fsp3) is 0.130. The van der Waals surface area contributed by atoms with E-state index in [9.17, 15) is 12.8 Å². The van der Waals surface area contributed by atoms with Crippen LogP contribution in [0.3, 0.4) is 0 Å². The van der Waals surface area contributed by atoms with Gasteiger partial charge < -0.3 is 15.2 Å². The first-order valence-electron chi connectivity index (χ1n) is 9.48. The Labute approximate surface area is 179 Å². The molecule has 0 bridgehead atoms. The summed E-state index contributed by atoms with van der Waals surface area (Å²) in [6, 6.07) is 16.3. The lowest BCUT2D eigenvalue weighted by Crippen LogP contribution is -2.13. The smallest absolute Gasteiger partial charge is 0.268 e. The molecule has 0 saturated carbocycles. The monoisotopic (exact) mass is 440 g/mol. The lowest BCUT2D eigenvalue weighted by Gasteiger charge is -2.14. The van der Waals surface area contributed by atoms with Crippen LogP contribution in [0.5, 0.6) is 11.5 Å². The van der Waals surface area contributed by atoms with Crippen LogP contribution >= 0.6 is 0 Å². The average molecular weight is 440 g/mol. The minimum Gasteiger partial charge on any atom is -0.493 e. The number of methoxy groups -OCH3 is 1. The third-order valence-corrected chi connectivity index (χ3v) is 6.69. The highest BCUT2D eigenvalue weighted by Gasteiger charge is 2.21. The summed E-state index contributed by atoms with van der Waals surface area (Å²) in [7, 11) is -2.40. The fourth-order valence-electron chi connectivity index (χ4n) is 3.36. The molecule has 160 valence electrons. The number of hydrogen-bond donors (Lipinski definition) is 1. The Hall–Kier alpha value is -3.52. The molecule has 1 heterocycles. The lowest BCUT2D eigenvalue weighted by molar-refractivity contribution is 0.284. The molecule has 6 nitrogen and oxygen atoms in total. The number of nitrogen functional groups attached to an aromatic ring is 1. The van der Waals surface area contributed by atoms with Crippen molar-refractivity contribution in [2.75, 3.05) is 12.8 Å². The molecule has 0 radical (unpaired) electrons. The molecule has 0 aliphatic rings. The van der Waals surface area contributed by atoms with Crippen molar-refractivity contribution in [2.24, 2.45) is 0 Å². The number of ether oxygens (including phenoxy) is 2. The number of para-hydroxylation sites is 1. The van der Waals surface area contributed by atoms with E-state index >= 15 is 0 Å². The molecule has 8 heteroatoms. The third-order valence-electron chi connectivity index (χ3n) is 5.00. The zero-order valence-electron chi connectivity index (χ0n) is 17.0. The summed E-state index contributed by atoms with van der Waals surface area (Å²) < 4.78 is 52.5. The van der Waals surface area contributed by atoms with Crippen molar-refractivity contribution in [3.05, 3.63) is 83.8 Å². The molecule has 2 N–H and O–H groups in total. The van der Waals surface area contributed by atoms with Gasteiger partial charge in [-0.15, -0.1) is 0 Å². The summed E-state index contributed by atoms with van der Waals surface area (Å²) in [5, 5.41) is 0.752. The number of benzene rings is 3. The molecule has 3 aromatic carbocycles. The Balaban J connectivity index is 1.75. The minimum atomic E-state index is -3.80. The van der Waals surface area contributed by atoms with Gasteiger partial charge in [0.15, 0.2) is 11.5 Å². The van der Waals surface area contributed by atoms with E-state index in [1.807, 2.05) is 19.1 Å². The second-order valence-electron chi connectivity index (χ2n) is 7.10. The van der Waals surface area contributed by atoms with Gasteiger partial charge in [0.1, 0.15) is 12.4 Å². The van der Waals surface area contributed by atoms with Crippen LogP contribution in [0.2, 0.25) is 0 Å². The zero-order valence-corrected chi connectivity index (χ0v) is 17.8. The Morgan fingerprint density at radius 1 is 1.03 bits per heavy atom. The van der Waals surface area contributed by atoms with Gasteiger partial charge in [0.2, 0.25) is 0 Å². The summed E-state index contributed by atoms with van der Waals surface area (Å²) >= 11 is 0.